The average Bonchev–Trinajstić information content (AvgIpc) is 2.43. The molecule has 0 aliphatic heterocycles. The lowest BCUT2D eigenvalue weighted by atomic mass is 10.2. The molecule has 1 amide bonds. The van der Waals surface area contributed by atoms with E-state index in [0.717, 1.165) is 0 Å². The van der Waals surface area contributed by atoms with E-state index >= 15 is 0 Å². The lowest BCUT2D eigenvalue weighted by Gasteiger charge is -2.22. The number of anilines is 1. The zero-order valence-corrected chi connectivity index (χ0v) is 11.3. The lowest BCUT2D eigenvalue weighted by molar-refractivity contribution is -0.133. The zero-order chi connectivity index (χ0) is 14.3. The fourth-order valence-corrected chi connectivity index (χ4v) is 1.62. The fourth-order valence-electron chi connectivity index (χ4n) is 1.62. The van der Waals surface area contributed by atoms with Gasteiger partial charge >= 0.3 is 0 Å². The van der Waals surface area contributed by atoms with Crippen molar-refractivity contribution < 1.29 is 9.53 Å². The Kier molecular flexibility index (Phi) is 5.68. The summed E-state index contributed by atoms with van der Waals surface area (Å²) in [6.45, 7) is 4.56. The van der Waals surface area contributed by atoms with Gasteiger partial charge in [0.1, 0.15) is 5.75 Å². The Morgan fingerprint density at radius 3 is 2.79 bits per heavy atom. The van der Waals surface area contributed by atoms with Gasteiger partial charge in [-0.1, -0.05) is 12.1 Å². The molecule has 2 N–H and O–H groups in total. The van der Waals surface area contributed by atoms with Gasteiger partial charge in [-0.15, -0.1) is 0 Å². The van der Waals surface area contributed by atoms with Gasteiger partial charge in [0.25, 0.3) is 5.91 Å². The zero-order valence-electron chi connectivity index (χ0n) is 11.3. The normalized spacial score (nSPS) is 11.4. The molecule has 0 saturated carbocycles. The molecule has 0 aromatic heterocycles. The van der Waals surface area contributed by atoms with Crippen molar-refractivity contribution in [2.45, 2.75) is 13.8 Å². The number of carbonyl (C=O) groups is 1. The minimum Gasteiger partial charge on any atom is -0.482 e. The third-order valence-corrected chi connectivity index (χ3v) is 2.72. The molecule has 0 spiro atoms. The Balaban J connectivity index is 2.54. The summed E-state index contributed by atoms with van der Waals surface area (Å²) in [7, 11) is 0. The lowest BCUT2D eigenvalue weighted by Crippen LogP contribution is -2.37. The summed E-state index contributed by atoms with van der Waals surface area (Å²) in [5.74, 6) is 0.166. The fraction of sp³-hybridized carbons (Fsp3) is 0.429. The smallest absolute Gasteiger partial charge is 0.260 e. The second kappa shape index (κ2) is 7.27. The van der Waals surface area contributed by atoms with Crippen LogP contribution in [-0.2, 0) is 4.79 Å². The summed E-state index contributed by atoms with van der Waals surface area (Å²) in [4.78, 5) is 13.6. The number of nitrogens with two attached hydrogens (primary N) is 1. The van der Waals surface area contributed by atoms with Crippen molar-refractivity contribution in [2.24, 2.45) is 5.92 Å². The number of hydrogen-bond acceptors (Lipinski definition) is 4. The summed E-state index contributed by atoms with van der Waals surface area (Å²) in [6.07, 6.45) is 0. The van der Waals surface area contributed by atoms with Gasteiger partial charge in [0.05, 0.1) is 17.7 Å². The highest BCUT2D eigenvalue weighted by atomic mass is 16.5. The van der Waals surface area contributed by atoms with E-state index in [9.17, 15) is 4.79 Å². The molecular weight excluding hydrogens is 242 g/mol. The van der Waals surface area contributed by atoms with Gasteiger partial charge in [-0.3, -0.25) is 4.79 Å². The first-order valence-electron chi connectivity index (χ1n) is 6.23. The minimum absolute atomic E-state index is 0.0692. The third-order valence-electron chi connectivity index (χ3n) is 2.72. The Hall–Kier alpha value is -2.22. The van der Waals surface area contributed by atoms with Crippen LogP contribution in [0.5, 0.6) is 5.75 Å². The Bertz CT molecular complexity index is 468. The van der Waals surface area contributed by atoms with Gasteiger partial charge in [-0.25, -0.2) is 0 Å². The van der Waals surface area contributed by atoms with E-state index in [4.69, 9.17) is 15.7 Å². The Morgan fingerprint density at radius 1 is 1.53 bits per heavy atom. The number of hydrogen-bond donors (Lipinski definition) is 1. The molecule has 0 radical (unpaired) electrons. The third kappa shape index (κ3) is 4.51. The number of nitrogens with zero attached hydrogens (tertiary/aromatic N) is 2. The molecule has 0 aliphatic carbocycles. The summed E-state index contributed by atoms with van der Waals surface area (Å²) < 4.78 is 5.40. The van der Waals surface area contributed by atoms with Gasteiger partial charge in [0.2, 0.25) is 0 Å². The predicted molar refractivity (Wildman–Crippen MR) is 73.4 cm³/mol. The van der Waals surface area contributed by atoms with Crippen LogP contribution in [0.2, 0.25) is 0 Å². The Labute approximate surface area is 113 Å². The topological polar surface area (TPSA) is 79.3 Å². The van der Waals surface area contributed by atoms with Crippen LogP contribution in [-0.4, -0.2) is 30.5 Å². The standard InChI is InChI=1S/C14H19N3O2/c1-3-17(9-11(2)8-15)14(18)10-19-13-7-5-4-6-12(13)16/h4-7,11H,3,9-10,16H2,1-2H3. The number of likely N-dealkylation sites (N-methyl/N-ethyl adjacent to an activating group) is 1. The molecule has 1 unspecified atom stereocenters. The van der Waals surface area contributed by atoms with E-state index in [0.29, 0.717) is 24.5 Å². The highest BCUT2D eigenvalue weighted by Crippen LogP contribution is 2.19. The van der Waals surface area contributed by atoms with Crippen LogP contribution in [0.1, 0.15) is 13.8 Å². The van der Waals surface area contributed by atoms with Crippen LogP contribution >= 0.6 is 0 Å². The number of benzene rings is 1. The molecule has 0 aliphatic rings. The highest BCUT2D eigenvalue weighted by Gasteiger charge is 2.15. The average molecular weight is 261 g/mol. The predicted octanol–water partition coefficient (Wildman–Crippen LogP) is 1.66. The van der Waals surface area contributed by atoms with E-state index in [1.165, 1.54) is 0 Å². The van der Waals surface area contributed by atoms with E-state index < -0.39 is 0 Å². The van der Waals surface area contributed by atoms with Gasteiger partial charge < -0.3 is 15.4 Å². The van der Waals surface area contributed by atoms with Crippen LogP contribution in [0.15, 0.2) is 24.3 Å². The molecule has 1 aromatic rings. The van der Waals surface area contributed by atoms with Crippen molar-refractivity contribution in [3.63, 3.8) is 0 Å². The number of para-hydroxylation sites is 2. The number of nitriles is 1. The number of rotatable bonds is 6. The molecule has 1 rings (SSSR count). The van der Waals surface area contributed by atoms with Crippen molar-refractivity contribution >= 4 is 11.6 Å². The second-order valence-corrected chi connectivity index (χ2v) is 4.29. The number of ether oxygens (including phenoxy) is 1. The van der Waals surface area contributed by atoms with Crippen molar-refractivity contribution in [3.8, 4) is 11.8 Å². The summed E-state index contributed by atoms with van der Waals surface area (Å²) in [5.41, 5.74) is 6.23. The molecule has 1 atom stereocenters. The van der Waals surface area contributed by atoms with Crippen LogP contribution in [0, 0.1) is 17.2 Å². The maximum Gasteiger partial charge on any atom is 0.260 e. The summed E-state index contributed by atoms with van der Waals surface area (Å²) in [6, 6.07) is 9.15. The van der Waals surface area contributed by atoms with E-state index in [1.807, 2.05) is 6.92 Å². The molecule has 5 nitrogen and oxygen atoms in total. The summed E-state index contributed by atoms with van der Waals surface area (Å²) in [5, 5.41) is 8.77. The largest absolute Gasteiger partial charge is 0.482 e. The monoisotopic (exact) mass is 261 g/mol. The van der Waals surface area contributed by atoms with Gasteiger partial charge in [-0.2, -0.15) is 5.26 Å². The molecule has 19 heavy (non-hydrogen) atoms. The summed E-state index contributed by atoms with van der Waals surface area (Å²) >= 11 is 0. The first kappa shape index (κ1) is 14.8. The first-order valence-corrected chi connectivity index (χ1v) is 6.23. The van der Waals surface area contributed by atoms with Crippen LogP contribution < -0.4 is 10.5 Å². The van der Waals surface area contributed by atoms with Crippen molar-refractivity contribution in [1.29, 1.82) is 5.26 Å². The molecule has 1 aromatic carbocycles. The van der Waals surface area contributed by atoms with E-state index in [2.05, 4.69) is 6.07 Å². The minimum atomic E-state index is -0.189. The maximum absolute atomic E-state index is 12.0. The molecule has 0 fully saturated rings. The van der Waals surface area contributed by atoms with Crippen LogP contribution in [0.25, 0.3) is 0 Å². The SMILES string of the molecule is CCN(CC(C)C#N)C(=O)COc1ccccc1N. The molecule has 0 heterocycles. The quantitative estimate of drug-likeness (QED) is 0.790. The first-order chi connectivity index (χ1) is 9.08. The van der Waals surface area contributed by atoms with Crippen molar-refractivity contribution in [2.75, 3.05) is 25.4 Å². The maximum atomic E-state index is 12.0. The highest BCUT2D eigenvalue weighted by molar-refractivity contribution is 5.78. The molecular formula is C14H19N3O2. The number of nitrogen functional groups attached to an aromatic ring is 1. The van der Waals surface area contributed by atoms with Gasteiger partial charge in [0.15, 0.2) is 6.61 Å². The molecule has 102 valence electrons. The Morgan fingerprint density at radius 2 is 2.21 bits per heavy atom. The van der Waals surface area contributed by atoms with Gasteiger partial charge in [-0.05, 0) is 26.0 Å². The number of carbonyl (C=O) groups excluding carboxylic acids is 1. The van der Waals surface area contributed by atoms with E-state index in [1.54, 1.807) is 36.1 Å². The van der Waals surface area contributed by atoms with Gasteiger partial charge in [0, 0.05) is 13.1 Å². The van der Waals surface area contributed by atoms with Crippen molar-refractivity contribution in [3.05, 3.63) is 24.3 Å². The molecule has 0 bridgehead atoms. The van der Waals surface area contributed by atoms with E-state index in [-0.39, 0.29) is 18.4 Å². The van der Waals surface area contributed by atoms with Crippen LogP contribution in [0.4, 0.5) is 5.69 Å². The molecule has 5 heteroatoms. The van der Waals surface area contributed by atoms with Crippen LogP contribution in [0.3, 0.4) is 0 Å². The van der Waals surface area contributed by atoms with Crippen molar-refractivity contribution in [1.82, 2.24) is 4.90 Å². The second-order valence-electron chi connectivity index (χ2n) is 4.29. The molecule has 0 saturated heterocycles. The number of amides is 1.